The number of nitrogens with zero attached hydrogens (tertiary/aromatic N) is 2. The molecule has 172 valence electrons. The summed E-state index contributed by atoms with van der Waals surface area (Å²) in [7, 11) is 0. The van der Waals surface area contributed by atoms with Gasteiger partial charge in [0.15, 0.2) is 0 Å². The Balaban J connectivity index is 1.72. The highest BCUT2D eigenvalue weighted by Crippen LogP contribution is 2.30. The number of halogens is 2. The van der Waals surface area contributed by atoms with E-state index < -0.39 is 6.03 Å². The fourth-order valence-corrected chi connectivity index (χ4v) is 3.72. The number of hydrogen-bond acceptors (Lipinski definition) is 3. The van der Waals surface area contributed by atoms with Crippen LogP contribution >= 0.6 is 23.2 Å². The highest BCUT2D eigenvalue weighted by Gasteiger charge is 2.22. The molecule has 0 bridgehead atoms. The minimum atomic E-state index is -0.501. The summed E-state index contributed by atoms with van der Waals surface area (Å²) in [6, 6.07) is 17.9. The summed E-state index contributed by atoms with van der Waals surface area (Å²) in [6.07, 6.45) is 3.80. The van der Waals surface area contributed by atoms with E-state index in [4.69, 9.17) is 27.6 Å². The second-order valence-corrected chi connectivity index (χ2v) is 8.14. The number of nitrogens with one attached hydrogen (secondary N) is 1. The lowest BCUT2D eigenvalue weighted by Crippen LogP contribution is -2.45. The molecular weight excluding hydrogens is 461 g/mol. The number of furan rings is 1. The summed E-state index contributed by atoms with van der Waals surface area (Å²) in [5.41, 5.74) is 1.41. The molecule has 1 aromatic heterocycles. The summed E-state index contributed by atoms with van der Waals surface area (Å²) < 4.78 is 5.44. The lowest BCUT2D eigenvalue weighted by Gasteiger charge is -2.27. The molecule has 3 rings (SSSR count). The van der Waals surface area contributed by atoms with Gasteiger partial charge < -0.3 is 19.5 Å². The van der Waals surface area contributed by atoms with Crippen LogP contribution in [0.15, 0.2) is 84.0 Å². The van der Waals surface area contributed by atoms with Gasteiger partial charge in [-0.1, -0.05) is 65.7 Å². The number of urea groups is 1. The van der Waals surface area contributed by atoms with Gasteiger partial charge in [-0.3, -0.25) is 4.79 Å². The van der Waals surface area contributed by atoms with E-state index in [0.717, 1.165) is 5.56 Å². The minimum Gasteiger partial charge on any atom is -0.467 e. The lowest BCUT2D eigenvalue weighted by atomic mass is 10.1. The normalized spacial score (nSPS) is 10.5. The Kier molecular flexibility index (Phi) is 8.98. The molecule has 0 spiro atoms. The number of amides is 3. The van der Waals surface area contributed by atoms with Gasteiger partial charge in [0.25, 0.3) is 0 Å². The maximum atomic E-state index is 13.2. The number of benzene rings is 2. The van der Waals surface area contributed by atoms with E-state index in [9.17, 15) is 9.59 Å². The first kappa shape index (κ1) is 24.4. The van der Waals surface area contributed by atoms with Crippen molar-refractivity contribution in [2.75, 3.05) is 25.0 Å². The highest BCUT2D eigenvalue weighted by atomic mass is 35.5. The standard InChI is InChI=1S/C25H25Cl2N3O3/c1-2-14-30(25(32)28-24-21(26)11-6-12-22(24)27)18-23(31)29(17-20-10-7-16-33-20)15-13-19-8-4-3-5-9-19/h2-12,16H,1,13-15,17-18H2,(H,28,32). The van der Waals surface area contributed by atoms with Crippen LogP contribution < -0.4 is 5.32 Å². The molecule has 0 fully saturated rings. The van der Waals surface area contributed by atoms with Crippen LogP contribution in [0.2, 0.25) is 10.0 Å². The molecule has 0 radical (unpaired) electrons. The number of rotatable bonds is 10. The average Bonchev–Trinajstić information content (AvgIpc) is 3.32. The molecule has 1 N–H and O–H groups in total. The van der Waals surface area contributed by atoms with Gasteiger partial charge >= 0.3 is 6.03 Å². The summed E-state index contributed by atoms with van der Waals surface area (Å²) in [5, 5.41) is 3.31. The minimum absolute atomic E-state index is 0.143. The fourth-order valence-electron chi connectivity index (χ4n) is 3.23. The first-order valence-electron chi connectivity index (χ1n) is 10.4. The van der Waals surface area contributed by atoms with Crippen molar-refractivity contribution in [3.63, 3.8) is 0 Å². The van der Waals surface area contributed by atoms with E-state index in [1.807, 2.05) is 36.4 Å². The zero-order valence-corrected chi connectivity index (χ0v) is 19.6. The van der Waals surface area contributed by atoms with Crippen molar-refractivity contribution >= 4 is 40.8 Å². The van der Waals surface area contributed by atoms with Crippen molar-refractivity contribution in [3.8, 4) is 0 Å². The van der Waals surface area contributed by atoms with Gasteiger partial charge in [-0.2, -0.15) is 0 Å². The Morgan fingerprint density at radius 1 is 0.970 bits per heavy atom. The van der Waals surface area contributed by atoms with Crippen molar-refractivity contribution in [2.45, 2.75) is 13.0 Å². The Hall–Kier alpha value is -3.22. The van der Waals surface area contributed by atoms with Gasteiger partial charge in [0.2, 0.25) is 5.91 Å². The van der Waals surface area contributed by atoms with Gasteiger partial charge in [-0.25, -0.2) is 4.79 Å². The van der Waals surface area contributed by atoms with Crippen molar-refractivity contribution in [3.05, 3.63) is 101 Å². The molecule has 0 saturated heterocycles. The topological polar surface area (TPSA) is 65.8 Å². The monoisotopic (exact) mass is 485 g/mol. The fraction of sp³-hybridized carbons (Fsp3) is 0.200. The summed E-state index contributed by atoms with van der Waals surface area (Å²) in [6.45, 7) is 4.51. The van der Waals surface area contributed by atoms with Gasteiger partial charge in [0.1, 0.15) is 12.3 Å². The van der Waals surface area contributed by atoms with Crippen LogP contribution in [0.25, 0.3) is 0 Å². The SMILES string of the molecule is C=CCN(CC(=O)N(CCc1ccccc1)Cc1ccco1)C(=O)Nc1c(Cl)cccc1Cl. The molecule has 1 heterocycles. The third-order valence-electron chi connectivity index (χ3n) is 4.95. The van der Waals surface area contributed by atoms with Crippen LogP contribution in [-0.4, -0.2) is 41.4 Å². The Labute approximate surface area is 203 Å². The van der Waals surface area contributed by atoms with Crippen molar-refractivity contribution < 1.29 is 14.0 Å². The molecular formula is C25H25Cl2N3O3. The van der Waals surface area contributed by atoms with E-state index in [0.29, 0.717) is 41.0 Å². The maximum absolute atomic E-state index is 13.2. The number of anilines is 1. The number of hydrogen-bond donors (Lipinski definition) is 1. The molecule has 3 amide bonds. The summed E-state index contributed by atoms with van der Waals surface area (Å²) >= 11 is 12.3. The van der Waals surface area contributed by atoms with Crippen LogP contribution in [0.4, 0.5) is 10.5 Å². The maximum Gasteiger partial charge on any atom is 0.322 e. The highest BCUT2D eigenvalue weighted by molar-refractivity contribution is 6.39. The van der Waals surface area contributed by atoms with Crippen LogP contribution in [0.3, 0.4) is 0 Å². The summed E-state index contributed by atoms with van der Waals surface area (Å²) in [4.78, 5) is 29.2. The Bertz CT molecular complexity index is 1050. The number of para-hydroxylation sites is 1. The van der Waals surface area contributed by atoms with Crippen LogP contribution in [0, 0.1) is 0 Å². The second-order valence-electron chi connectivity index (χ2n) is 7.33. The largest absolute Gasteiger partial charge is 0.467 e. The van der Waals surface area contributed by atoms with Gasteiger partial charge in [0.05, 0.1) is 28.5 Å². The van der Waals surface area contributed by atoms with Gasteiger partial charge in [-0.05, 0) is 36.2 Å². The third kappa shape index (κ3) is 7.14. The third-order valence-corrected chi connectivity index (χ3v) is 5.58. The van der Waals surface area contributed by atoms with Crippen molar-refractivity contribution in [2.24, 2.45) is 0 Å². The molecule has 3 aromatic rings. The molecule has 0 aliphatic carbocycles. The molecule has 0 aliphatic heterocycles. The number of carbonyl (C=O) groups is 2. The van der Waals surface area contributed by atoms with E-state index in [-0.39, 0.29) is 19.0 Å². The lowest BCUT2D eigenvalue weighted by molar-refractivity contribution is -0.132. The van der Waals surface area contributed by atoms with E-state index in [1.165, 1.54) is 4.90 Å². The first-order valence-corrected chi connectivity index (χ1v) is 11.2. The molecule has 8 heteroatoms. The predicted molar refractivity (Wildman–Crippen MR) is 132 cm³/mol. The Morgan fingerprint density at radius 2 is 1.70 bits per heavy atom. The molecule has 6 nitrogen and oxygen atoms in total. The second kappa shape index (κ2) is 12.1. The molecule has 2 aromatic carbocycles. The quantitative estimate of drug-likeness (QED) is 0.364. The Morgan fingerprint density at radius 3 is 2.33 bits per heavy atom. The van der Waals surface area contributed by atoms with E-state index >= 15 is 0 Å². The molecule has 0 atom stereocenters. The van der Waals surface area contributed by atoms with Crippen LogP contribution in [-0.2, 0) is 17.8 Å². The van der Waals surface area contributed by atoms with Crippen molar-refractivity contribution in [1.29, 1.82) is 0 Å². The van der Waals surface area contributed by atoms with E-state index in [2.05, 4.69) is 11.9 Å². The van der Waals surface area contributed by atoms with E-state index in [1.54, 1.807) is 41.5 Å². The van der Waals surface area contributed by atoms with Crippen molar-refractivity contribution in [1.82, 2.24) is 9.80 Å². The zero-order valence-electron chi connectivity index (χ0n) is 18.0. The number of carbonyl (C=O) groups excluding carboxylic acids is 2. The van der Waals surface area contributed by atoms with Crippen LogP contribution in [0.5, 0.6) is 0 Å². The molecule has 0 saturated carbocycles. The zero-order chi connectivity index (χ0) is 23.6. The molecule has 0 aliphatic rings. The van der Waals surface area contributed by atoms with Gasteiger partial charge in [-0.15, -0.1) is 6.58 Å². The average molecular weight is 486 g/mol. The summed E-state index contributed by atoms with van der Waals surface area (Å²) in [5.74, 6) is 0.448. The van der Waals surface area contributed by atoms with Crippen LogP contribution in [0.1, 0.15) is 11.3 Å². The predicted octanol–water partition coefficient (Wildman–Crippen LogP) is 5.88. The first-order chi connectivity index (χ1) is 16.0. The molecule has 0 unspecified atom stereocenters. The molecule has 33 heavy (non-hydrogen) atoms. The smallest absolute Gasteiger partial charge is 0.322 e. The van der Waals surface area contributed by atoms with Gasteiger partial charge in [0, 0.05) is 13.1 Å².